The number of carbonyl (C=O) groups is 4. The predicted octanol–water partition coefficient (Wildman–Crippen LogP) is 2.52. The van der Waals surface area contributed by atoms with E-state index in [0.717, 1.165) is 37.9 Å². The molecule has 0 N–H and O–H groups in total. The number of esters is 1. The number of carbonyl (C=O) groups excluding carboxylic acids is 4. The number of amides is 3. The van der Waals surface area contributed by atoms with Crippen molar-refractivity contribution in [2.24, 2.45) is 0 Å². The van der Waals surface area contributed by atoms with Crippen LogP contribution in [0.25, 0.3) is 0 Å². The number of pyridine rings is 1. The number of rotatable bonds is 5. The summed E-state index contributed by atoms with van der Waals surface area (Å²) < 4.78 is 5.25. The number of benzene rings is 1. The highest BCUT2D eigenvalue weighted by molar-refractivity contribution is 6.22. The Balaban J connectivity index is 1.16. The number of piperazine rings is 1. The molecule has 9 heteroatoms. The van der Waals surface area contributed by atoms with E-state index in [1.807, 2.05) is 18.2 Å². The van der Waals surface area contributed by atoms with Gasteiger partial charge >= 0.3 is 5.97 Å². The lowest BCUT2D eigenvalue weighted by atomic mass is 9.94. The van der Waals surface area contributed by atoms with Crippen LogP contribution in [0.4, 0.5) is 5.82 Å². The van der Waals surface area contributed by atoms with Gasteiger partial charge in [-0.1, -0.05) is 25.3 Å². The maximum atomic E-state index is 13.0. The van der Waals surface area contributed by atoms with E-state index in [4.69, 9.17) is 4.74 Å². The average Bonchev–Trinajstić information content (AvgIpc) is 3.17. The minimum atomic E-state index is -0.690. The van der Waals surface area contributed by atoms with Crippen LogP contribution in [0.5, 0.6) is 0 Å². The largest absolute Gasteiger partial charge is 0.452 e. The molecule has 2 fully saturated rings. The fourth-order valence-electron chi connectivity index (χ4n) is 5.08. The molecule has 2 aliphatic heterocycles. The van der Waals surface area contributed by atoms with Gasteiger partial charge in [0.2, 0.25) is 0 Å². The number of anilines is 1. The monoisotopic (exact) mass is 476 g/mol. The summed E-state index contributed by atoms with van der Waals surface area (Å²) in [7, 11) is 0. The third kappa shape index (κ3) is 4.62. The highest BCUT2D eigenvalue weighted by Crippen LogP contribution is 2.31. The van der Waals surface area contributed by atoms with E-state index in [1.165, 1.54) is 23.1 Å². The number of hydrogen-bond donors (Lipinski definition) is 0. The van der Waals surface area contributed by atoms with Gasteiger partial charge in [-0.25, -0.2) is 9.78 Å². The Labute approximate surface area is 203 Å². The standard InChI is InChI=1S/C26H28N4O5/c31-23(29-14-12-28(13-15-29)22-8-4-5-11-27-22)17-35-26(34)18-9-10-20-21(16-18)25(33)30(24(20)32)19-6-2-1-3-7-19/h4-5,8-11,16,19H,1-3,6-7,12-15,17H2. The van der Waals surface area contributed by atoms with Gasteiger partial charge in [0.1, 0.15) is 5.82 Å². The zero-order chi connectivity index (χ0) is 24.4. The fourth-order valence-corrected chi connectivity index (χ4v) is 5.08. The Morgan fingerprint density at radius 2 is 1.66 bits per heavy atom. The van der Waals surface area contributed by atoms with Crippen LogP contribution in [0.2, 0.25) is 0 Å². The summed E-state index contributed by atoms with van der Waals surface area (Å²) in [5.41, 5.74) is 0.703. The minimum absolute atomic E-state index is 0.0812. The first kappa shape index (κ1) is 23.0. The number of fused-ring (bicyclic) bond motifs is 1. The van der Waals surface area contributed by atoms with E-state index in [0.29, 0.717) is 31.7 Å². The van der Waals surface area contributed by atoms with Crippen molar-refractivity contribution in [3.8, 4) is 0 Å². The summed E-state index contributed by atoms with van der Waals surface area (Å²) >= 11 is 0. The van der Waals surface area contributed by atoms with E-state index in [1.54, 1.807) is 11.1 Å². The maximum Gasteiger partial charge on any atom is 0.338 e. The number of aromatic nitrogens is 1. The lowest BCUT2D eigenvalue weighted by Gasteiger charge is -2.35. The first-order chi connectivity index (χ1) is 17.0. The van der Waals surface area contributed by atoms with Crippen molar-refractivity contribution >= 4 is 29.5 Å². The Morgan fingerprint density at radius 1 is 0.914 bits per heavy atom. The minimum Gasteiger partial charge on any atom is -0.452 e. The predicted molar refractivity (Wildman–Crippen MR) is 127 cm³/mol. The second kappa shape index (κ2) is 9.85. The first-order valence-electron chi connectivity index (χ1n) is 12.2. The lowest BCUT2D eigenvalue weighted by molar-refractivity contribution is -0.134. The topological polar surface area (TPSA) is 100 Å². The third-order valence-corrected chi connectivity index (χ3v) is 7.03. The molecule has 9 nitrogen and oxygen atoms in total. The van der Waals surface area contributed by atoms with Crippen molar-refractivity contribution in [1.82, 2.24) is 14.8 Å². The van der Waals surface area contributed by atoms with Crippen LogP contribution in [-0.2, 0) is 9.53 Å². The molecular formula is C26H28N4O5. The zero-order valence-corrected chi connectivity index (χ0v) is 19.5. The molecule has 0 atom stereocenters. The highest BCUT2D eigenvalue weighted by atomic mass is 16.5. The number of ether oxygens (including phenoxy) is 1. The second-order valence-corrected chi connectivity index (χ2v) is 9.16. The van der Waals surface area contributed by atoms with Gasteiger partial charge in [-0.05, 0) is 43.2 Å². The molecule has 1 saturated carbocycles. The van der Waals surface area contributed by atoms with Crippen molar-refractivity contribution in [3.63, 3.8) is 0 Å². The molecule has 1 aromatic heterocycles. The van der Waals surface area contributed by atoms with Crippen molar-refractivity contribution in [2.45, 2.75) is 38.1 Å². The van der Waals surface area contributed by atoms with Crippen LogP contribution in [0.3, 0.4) is 0 Å². The van der Waals surface area contributed by atoms with Gasteiger partial charge in [-0.2, -0.15) is 0 Å². The van der Waals surface area contributed by atoms with Crippen LogP contribution in [0, 0.1) is 0 Å². The van der Waals surface area contributed by atoms with Crippen LogP contribution in [0.1, 0.15) is 63.2 Å². The van der Waals surface area contributed by atoms with E-state index >= 15 is 0 Å². The Bertz CT molecular complexity index is 1140. The molecule has 0 spiro atoms. The molecule has 3 amide bonds. The summed E-state index contributed by atoms with van der Waals surface area (Å²) in [4.78, 5) is 60.5. The Hall–Kier alpha value is -3.75. The van der Waals surface area contributed by atoms with Gasteiger partial charge in [-0.15, -0.1) is 0 Å². The van der Waals surface area contributed by atoms with E-state index < -0.39 is 5.97 Å². The van der Waals surface area contributed by atoms with Crippen molar-refractivity contribution < 1.29 is 23.9 Å². The van der Waals surface area contributed by atoms with Crippen molar-refractivity contribution in [3.05, 3.63) is 59.3 Å². The number of imide groups is 1. The van der Waals surface area contributed by atoms with E-state index in [2.05, 4.69) is 9.88 Å². The molecule has 3 heterocycles. The molecule has 3 aliphatic rings. The third-order valence-electron chi connectivity index (χ3n) is 7.03. The molecule has 0 radical (unpaired) electrons. The first-order valence-corrected chi connectivity index (χ1v) is 12.2. The summed E-state index contributed by atoms with van der Waals surface area (Å²) in [6.07, 6.45) is 6.50. The quantitative estimate of drug-likeness (QED) is 0.483. The maximum absolute atomic E-state index is 13.0. The average molecular weight is 477 g/mol. The number of hydrogen-bond acceptors (Lipinski definition) is 7. The molecular weight excluding hydrogens is 448 g/mol. The van der Waals surface area contributed by atoms with Gasteiger partial charge in [-0.3, -0.25) is 19.3 Å². The van der Waals surface area contributed by atoms with E-state index in [-0.39, 0.29) is 41.5 Å². The van der Waals surface area contributed by atoms with Gasteiger partial charge in [0.15, 0.2) is 6.61 Å². The summed E-state index contributed by atoms with van der Waals surface area (Å²) in [5.74, 6) is -0.734. The normalized spacial score (nSPS) is 18.6. The Kier molecular flexibility index (Phi) is 6.48. The number of nitrogens with zero attached hydrogens (tertiary/aromatic N) is 4. The van der Waals surface area contributed by atoms with Gasteiger partial charge in [0.25, 0.3) is 17.7 Å². The lowest BCUT2D eigenvalue weighted by Crippen LogP contribution is -2.50. The molecule has 5 rings (SSSR count). The molecule has 0 bridgehead atoms. The van der Waals surface area contributed by atoms with Crippen LogP contribution in [0.15, 0.2) is 42.6 Å². The summed E-state index contributed by atoms with van der Waals surface area (Å²) in [6, 6.07) is 10.0. The highest BCUT2D eigenvalue weighted by Gasteiger charge is 2.40. The van der Waals surface area contributed by atoms with Crippen LogP contribution < -0.4 is 4.90 Å². The van der Waals surface area contributed by atoms with Gasteiger partial charge in [0.05, 0.1) is 16.7 Å². The molecule has 1 aliphatic carbocycles. The molecule has 1 saturated heterocycles. The molecule has 182 valence electrons. The van der Waals surface area contributed by atoms with Crippen molar-refractivity contribution in [2.75, 3.05) is 37.7 Å². The molecule has 35 heavy (non-hydrogen) atoms. The van der Waals surface area contributed by atoms with Gasteiger partial charge in [0, 0.05) is 38.4 Å². The summed E-state index contributed by atoms with van der Waals surface area (Å²) in [6.45, 7) is 1.95. The second-order valence-electron chi connectivity index (χ2n) is 9.16. The smallest absolute Gasteiger partial charge is 0.338 e. The molecule has 1 aromatic carbocycles. The summed E-state index contributed by atoms with van der Waals surface area (Å²) in [5, 5.41) is 0. The van der Waals surface area contributed by atoms with Crippen LogP contribution in [-0.4, -0.2) is 77.3 Å². The SMILES string of the molecule is O=C(OCC(=O)N1CCN(c2ccccn2)CC1)c1ccc2c(c1)C(=O)N(C1CCCCC1)C2=O. The fraction of sp³-hybridized carbons (Fsp3) is 0.423. The Morgan fingerprint density at radius 3 is 2.37 bits per heavy atom. The molecule has 0 unspecified atom stereocenters. The molecule has 2 aromatic rings. The van der Waals surface area contributed by atoms with E-state index in [9.17, 15) is 19.2 Å². The zero-order valence-electron chi connectivity index (χ0n) is 19.5. The van der Waals surface area contributed by atoms with Gasteiger partial charge < -0.3 is 14.5 Å². The van der Waals surface area contributed by atoms with Crippen molar-refractivity contribution in [1.29, 1.82) is 0 Å². The van der Waals surface area contributed by atoms with Crippen LogP contribution >= 0.6 is 0 Å².